The fraction of sp³-hybridized carbons (Fsp3) is 0.769. The lowest BCUT2D eigenvalue weighted by Gasteiger charge is -2.17. The molecule has 0 atom stereocenters. The Morgan fingerprint density at radius 2 is 2.05 bits per heavy atom. The van der Waals surface area contributed by atoms with Crippen molar-refractivity contribution in [2.45, 2.75) is 38.1 Å². The zero-order valence-electron chi connectivity index (χ0n) is 12.8. The highest BCUT2D eigenvalue weighted by Crippen LogP contribution is 2.07. The minimum Gasteiger partial charge on any atom is -0.396 e. The van der Waals surface area contributed by atoms with Crippen LogP contribution >= 0.6 is 0 Å². The predicted octanol–water partition coefficient (Wildman–Crippen LogP) is 0.276. The third kappa shape index (κ3) is 6.13. The van der Waals surface area contributed by atoms with Crippen molar-refractivity contribution >= 4 is 10.0 Å². The van der Waals surface area contributed by atoms with Gasteiger partial charge in [-0.15, -0.1) is 0 Å². The van der Waals surface area contributed by atoms with Crippen LogP contribution in [0.25, 0.3) is 0 Å². The average Bonchev–Trinajstić information content (AvgIpc) is 2.95. The van der Waals surface area contributed by atoms with Crippen molar-refractivity contribution in [3.8, 4) is 0 Å². The minimum absolute atomic E-state index is 0.0611. The van der Waals surface area contributed by atoms with Gasteiger partial charge in [0.15, 0.2) is 0 Å². The fourth-order valence-corrected chi connectivity index (χ4v) is 3.00. The molecule has 1 aromatic rings. The van der Waals surface area contributed by atoms with Crippen LogP contribution in [0.2, 0.25) is 0 Å². The monoisotopic (exact) mass is 318 g/mol. The second kappa shape index (κ2) is 9.14. The molecule has 8 heteroatoms. The summed E-state index contributed by atoms with van der Waals surface area (Å²) in [6.07, 6.45) is 4.16. The molecule has 1 rings (SSSR count). The van der Waals surface area contributed by atoms with Crippen molar-refractivity contribution in [1.82, 2.24) is 19.4 Å². The summed E-state index contributed by atoms with van der Waals surface area (Å²) in [6.45, 7) is 8.00. The zero-order valence-corrected chi connectivity index (χ0v) is 13.6. The minimum atomic E-state index is -3.49. The summed E-state index contributed by atoms with van der Waals surface area (Å²) in [7, 11) is -3.49. The highest BCUT2D eigenvalue weighted by Gasteiger charge is 2.15. The van der Waals surface area contributed by atoms with Crippen molar-refractivity contribution in [2.75, 3.05) is 32.8 Å². The smallest absolute Gasteiger partial charge is 0.243 e. The number of hydrogen-bond donors (Lipinski definition) is 2. The summed E-state index contributed by atoms with van der Waals surface area (Å²) < 4.78 is 28.3. The van der Waals surface area contributed by atoms with Gasteiger partial charge in [0.2, 0.25) is 10.0 Å². The maximum absolute atomic E-state index is 12.1. The molecule has 0 saturated heterocycles. The SMILES string of the molecule is CCN(CC)CCCNS(=O)(=O)c1cnn(CCCO)c1. The van der Waals surface area contributed by atoms with Gasteiger partial charge in [0, 0.05) is 25.9 Å². The molecule has 0 radical (unpaired) electrons. The summed E-state index contributed by atoms with van der Waals surface area (Å²) in [6, 6.07) is 0. The van der Waals surface area contributed by atoms with Crippen LogP contribution in [0.4, 0.5) is 0 Å². The van der Waals surface area contributed by atoms with E-state index in [9.17, 15) is 8.42 Å². The first-order chi connectivity index (χ1) is 10.0. The second-order valence-corrected chi connectivity index (χ2v) is 6.56. The Morgan fingerprint density at radius 3 is 2.67 bits per heavy atom. The normalized spacial score (nSPS) is 12.2. The van der Waals surface area contributed by atoms with Crippen LogP contribution in [0.15, 0.2) is 17.3 Å². The molecule has 0 aliphatic carbocycles. The van der Waals surface area contributed by atoms with Crippen LogP contribution in [0.1, 0.15) is 26.7 Å². The molecular formula is C13H26N4O3S. The summed E-state index contributed by atoms with van der Waals surface area (Å²) in [5.41, 5.74) is 0. The van der Waals surface area contributed by atoms with Gasteiger partial charge in [-0.1, -0.05) is 13.8 Å². The molecule has 0 bridgehead atoms. The Hall–Kier alpha value is -0.960. The zero-order chi connectivity index (χ0) is 15.7. The Labute approximate surface area is 127 Å². The van der Waals surface area contributed by atoms with Gasteiger partial charge in [0.05, 0.1) is 6.20 Å². The number of nitrogens with zero attached hydrogens (tertiary/aromatic N) is 3. The predicted molar refractivity (Wildman–Crippen MR) is 81.5 cm³/mol. The van der Waals surface area contributed by atoms with E-state index in [1.807, 2.05) is 0 Å². The van der Waals surface area contributed by atoms with E-state index >= 15 is 0 Å². The molecule has 0 fully saturated rings. The molecule has 7 nitrogen and oxygen atoms in total. The highest BCUT2D eigenvalue weighted by atomic mass is 32.2. The number of hydrogen-bond acceptors (Lipinski definition) is 5. The van der Waals surface area contributed by atoms with E-state index in [-0.39, 0.29) is 11.5 Å². The molecule has 122 valence electrons. The number of aromatic nitrogens is 2. The molecule has 0 aliphatic heterocycles. The molecule has 0 amide bonds. The maximum Gasteiger partial charge on any atom is 0.243 e. The Balaban J connectivity index is 2.44. The molecule has 21 heavy (non-hydrogen) atoms. The number of sulfonamides is 1. The van der Waals surface area contributed by atoms with E-state index in [0.717, 1.165) is 26.1 Å². The Morgan fingerprint density at radius 1 is 1.33 bits per heavy atom. The van der Waals surface area contributed by atoms with Gasteiger partial charge in [0.1, 0.15) is 4.90 Å². The average molecular weight is 318 g/mol. The lowest BCUT2D eigenvalue weighted by molar-refractivity contribution is 0.277. The van der Waals surface area contributed by atoms with Crippen LogP contribution in [0.5, 0.6) is 0 Å². The van der Waals surface area contributed by atoms with Gasteiger partial charge in [-0.25, -0.2) is 13.1 Å². The van der Waals surface area contributed by atoms with Crippen molar-refractivity contribution < 1.29 is 13.5 Å². The third-order valence-electron chi connectivity index (χ3n) is 3.30. The van der Waals surface area contributed by atoms with Crippen LogP contribution in [0, 0.1) is 0 Å². The number of nitrogens with one attached hydrogen (secondary N) is 1. The van der Waals surface area contributed by atoms with E-state index in [1.54, 1.807) is 0 Å². The van der Waals surface area contributed by atoms with E-state index < -0.39 is 10.0 Å². The molecule has 0 aromatic carbocycles. The molecule has 1 heterocycles. The van der Waals surface area contributed by atoms with Crippen molar-refractivity contribution in [3.05, 3.63) is 12.4 Å². The largest absolute Gasteiger partial charge is 0.396 e. The Bertz CT molecular complexity index is 497. The molecular weight excluding hydrogens is 292 g/mol. The van der Waals surface area contributed by atoms with Gasteiger partial charge in [0.25, 0.3) is 0 Å². The van der Waals surface area contributed by atoms with Crippen LogP contribution in [-0.2, 0) is 16.6 Å². The summed E-state index contributed by atoms with van der Waals surface area (Å²) in [4.78, 5) is 2.42. The highest BCUT2D eigenvalue weighted by molar-refractivity contribution is 7.89. The van der Waals surface area contributed by atoms with E-state index in [2.05, 4.69) is 28.6 Å². The number of rotatable bonds is 11. The number of aliphatic hydroxyl groups is 1. The van der Waals surface area contributed by atoms with Gasteiger partial charge >= 0.3 is 0 Å². The molecule has 0 aliphatic rings. The van der Waals surface area contributed by atoms with Gasteiger partial charge in [-0.2, -0.15) is 5.10 Å². The van der Waals surface area contributed by atoms with Gasteiger partial charge < -0.3 is 10.0 Å². The van der Waals surface area contributed by atoms with Crippen molar-refractivity contribution in [2.24, 2.45) is 0 Å². The summed E-state index contributed by atoms with van der Waals surface area (Å²) >= 11 is 0. The molecule has 0 unspecified atom stereocenters. The van der Waals surface area contributed by atoms with Crippen LogP contribution in [0.3, 0.4) is 0 Å². The quantitative estimate of drug-likeness (QED) is 0.572. The molecule has 0 spiro atoms. The second-order valence-electron chi connectivity index (χ2n) is 4.79. The first-order valence-corrected chi connectivity index (χ1v) is 8.87. The molecule has 2 N–H and O–H groups in total. The van der Waals surface area contributed by atoms with Crippen molar-refractivity contribution in [1.29, 1.82) is 0 Å². The standard InChI is InChI=1S/C13H26N4O3S/c1-3-16(4-2)8-5-7-15-21(19,20)13-11-14-17(12-13)9-6-10-18/h11-12,15,18H,3-10H2,1-2H3. The van der Waals surface area contributed by atoms with Crippen molar-refractivity contribution in [3.63, 3.8) is 0 Å². The summed E-state index contributed by atoms with van der Waals surface area (Å²) in [5.74, 6) is 0. The van der Waals surface area contributed by atoms with E-state index in [4.69, 9.17) is 5.11 Å². The van der Waals surface area contributed by atoms with Crippen LogP contribution < -0.4 is 4.72 Å². The number of aliphatic hydroxyl groups excluding tert-OH is 1. The van der Waals surface area contributed by atoms with E-state index in [0.29, 0.717) is 19.5 Å². The Kier molecular flexibility index (Phi) is 7.87. The fourth-order valence-electron chi connectivity index (χ4n) is 1.97. The molecule has 0 saturated carbocycles. The maximum atomic E-state index is 12.1. The van der Waals surface area contributed by atoms with E-state index in [1.165, 1.54) is 17.1 Å². The first kappa shape index (κ1) is 18.1. The van der Waals surface area contributed by atoms with Gasteiger partial charge in [-0.3, -0.25) is 4.68 Å². The number of aryl methyl sites for hydroxylation is 1. The third-order valence-corrected chi connectivity index (χ3v) is 4.72. The lowest BCUT2D eigenvalue weighted by atomic mass is 10.4. The van der Waals surface area contributed by atoms with Gasteiger partial charge in [-0.05, 0) is 32.5 Å². The molecule has 1 aromatic heterocycles. The summed E-state index contributed by atoms with van der Waals surface area (Å²) in [5, 5.41) is 12.7. The van der Waals surface area contributed by atoms with Crippen LogP contribution in [-0.4, -0.2) is 61.0 Å². The first-order valence-electron chi connectivity index (χ1n) is 7.38. The topological polar surface area (TPSA) is 87.5 Å². The lowest BCUT2D eigenvalue weighted by Crippen LogP contribution is -2.29.